The van der Waals surface area contributed by atoms with Crippen LogP contribution in [0.4, 0.5) is 0 Å². The van der Waals surface area contributed by atoms with E-state index in [-0.39, 0.29) is 17.4 Å². The Morgan fingerprint density at radius 1 is 1.32 bits per heavy atom. The predicted molar refractivity (Wildman–Crippen MR) is 82.2 cm³/mol. The van der Waals surface area contributed by atoms with E-state index < -0.39 is 0 Å². The van der Waals surface area contributed by atoms with Crippen LogP contribution >= 0.6 is 23.2 Å². The molecule has 1 N–H and O–H groups in total. The lowest BCUT2D eigenvalue weighted by atomic mass is 9.92. The SMILES string of the molecule is CCc1cc(Cl)cc(Cl)c1C(C)C(=O)NC(C)(C)C. The Morgan fingerprint density at radius 3 is 2.37 bits per heavy atom. The third-order valence-electron chi connectivity index (χ3n) is 2.89. The lowest BCUT2D eigenvalue weighted by molar-refractivity contribution is -0.123. The molecule has 0 aliphatic heterocycles. The Bertz CT molecular complexity index is 478. The van der Waals surface area contributed by atoms with E-state index in [9.17, 15) is 4.79 Å². The van der Waals surface area contributed by atoms with Crippen molar-refractivity contribution in [3.05, 3.63) is 33.3 Å². The van der Waals surface area contributed by atoms with Crippen molar-refractivity contribution >= 4 is 29.1 Å². The molecular weight excluding hydrogens is 281 g/mol. The van der Waals surface area contributed by atoms with E-state index in [1.54, 1.807) is 6.07 Å². The highest BCUT2D eigenvalue weighted by Gasteiger charge is 2.24. The van der Waals surface area contributed by atoms with Crippen molar-refractivity contribution in [2.75, 3.05) is 0 Å². The van der Waals surface area contributed by atoms with Crippen LogP contribution in [0.15, 0.2) is 12.1 Å². The van der Waals surface area contributed by atoms with Gasteiger partial charge in [-0.3, -0.25) is 4.79 Å². The van der Waals surface area contributed by atoms with Crippen LogP contribution in [-0.4, -0.2) is 11.4 Å². The maximum Gasteiger partial charge on any atom is 0.227 e. The van der Waals surface area contributed by atoms with Crippen molar-refractivity contribution in [2.45, 2.75) is 52.5 Å². The Kier molecular flexibility index (Phi) is 5.28. The van der Waals surface area contributed by atoms with E-state index in [4.69, 9.17) is 23.2 Å². The minimum Gasteiger partial charge on any atom is -0.351 e. The maximum absolute atomic E-state index is 12.3. The first-order chi connectivity index (χ1) is 8.65. The zero-order valence-electron chi connectivity index (χ0n) is 12.1. The summed E-state index contributed by atoms with van der Waals surface area (Å²) >= 11 is 12.3. The van der Waals surface area contributed by atoms with Gasteiger partial charge in [0.25, 0.3) is 0 Å². The second kappa shape index (κ2) is 6.15. The molecule has 1 unspecified atom stereocenters. The van der Waals surface area contributed by atoms with Gasteiger partial charge in [-0.15, -0.1) is 0 Å². The van der Waals surface area contributed by atoms with Crippen LogP contribution in [0, 0.1) is 0 Å². The number of rotatable bonds is 3. The van der Waals surface area contributed by atoms with Crippen LogP contribution in [0.3, 0.4) is 0 Å². The number of carbonyl (C=O) groups is 1. The van der Waals surface area contributed by atoms with E-state index >= 15 is 0 Å². The number of halogens is 2. The van der Waals surface area contributed by atoms with Gasteiger partial charge in [0, 0.05) is 15.6 Å². The van der Waals surface area contributed by atoms with Crippen molar-refractivity contribution in [2.24, 2.45) is 0 Å². The molecule has 0 saturated carbocycles. The van der Waals surface area contributed by atoms with Crippen molar-refractivity contribution in [1.82, 2.24) is 5.32 Å². The van der Waals surface area contributed by atoms with Crippen molar-refractivity contribution < 1.29 is 4.79 Å². The lowest BCUT2D eigenvalue weighted by Gasteiger charge is -2.25. The molecule has 0 radical (unpaired) electrons. The van der Waals surface area contributed by atoms with Crippen LogP contribution in [0.5, 0.6) is 0 Å². The van der Waals surface area contributed by atoms with Gasteiger partial charge in [0.05, 0.1) is 5.92 Å². The van der Waals surface area contributed by atoms with Gasteiger partial charge in [-0.2, -0.15) is 0 Å². The van der Waals surface area contributed by atoms with E-state index in [2.05, 4.69) is 5.32 Å². The molecule has 0 saturated heterocycles. The molecule has 1 aromatic rings. The molecule has 2 nitrogen and oxygen atoms in total. The first-order valence-electron chi connectivity index (χ1n) is 6.45. The largest absolute Gasteiger partial charge is 0.351 e. The average Bonchev–Trinajstić information content (AvgIpc) is 2.24. The van der Waals surface area contributed by atoms with Gasteiger partial charge in [0.1, 0.15) is 0 Å². The molecule has 0 aromatic heterocycles. The highest BCUT2D eigenvalue weighted by atomic mass is 35.5. The molecule has 106 valence electrons. The first kappa shape index (κ1) is 16.3. The number of aryl methyl sites for hydroxylation is 1. The van der Waals surface area contributed by atoms with Crippen LogP contribution in [-0.2, 0) is 11.2 Å². The highest BCUT2D eigenvalue weighted by molar-refractivity contribution is 6.35. The van der Waals surface area contributed by atoms with Gasteiger partial charge in [-0.05, 0) is 57.4 Å². The van der Waals surface area contributed by atoms with Crippen molar-refractivity contribution in [1.29, 1.82) is 0 Å². The number of hydrogen-bond acceptors (Lipinski definition) is 1. The average molecular weight is 302 g/mol. The summed E-state index contributed by atoms with van der Waals surface area (Å²) in [7, 11) is 0. The Morgan fingerprint density at radius 2 is 1.89 bits per heavy atom. The summed E-state index contributed by atoms with van der Waals surface area (Å²) < 4.78 is 0. The fraction of sp³-hybridized carbons (Fsp3) is 0.533. The molecule has 0 spiro atoms. The fourth-order valence-electron chi connectivity index (χ4n) is 2.02. The van der Waals surface area contributed by atoms with Gasteiger partial charge in [0.15, 0.2) is 0 Å². The Hall–Kier alpha value is -0.730. The molecule has 0 aliphatic rings. The molecule has 0 aliphatic carbocycles. The normalized spacial score (nSPS) is 13.2. The number of nitrogens with one attached hydrogen (secondary N) is 1. The monoisotopic (exact) mass is 301 g/mol. The van der Waals surface area contributed by atoms with E-state index in [0.717, 1.165) is 17.5 Å². The van der Waals surface area contributed by atoms with E-state index in [1.807, 2.05) is 40.7 Å². The lowest BCUT2D eigenvalue weighted by Crippen LogP contribution is -2.42. The Balaban J connectivity index is 3.12. The molecule has 1 amide bonds. The maximum atomic E-state index is 12.3. The molecular formula is C15H21Cl2NO. The summed E-state index contributed by atoms with van der Waals surface area (Å²) in [6.07, 6.45) is 0.794. The molecule has 4 heteroatoms. The minimum absolute atomic E-state index is 0.0218. The van der Waals surface area contributed by atoms with Crippen LogP contribution in [0.2, 0.25) is 10.0 Å². The molecule has 1 aromatic carbocycles. The molecule has 0 bridgehead atoms. The van der Waals surface area contributed by atoms with Crippen LogP contribution in [0.1, 0.15) is 51.7 Å². The van der Waals surface area contributed by atoms with Gasteiger partial charge >= 0.3 is 0 Å². The molecule has 1 rings (SSSR count). The predicted octanol–water partition coefficient (Wildman–Crippen LogP) is 4.57. The molecule has 1 atom stereocenters. The fourth-order valence-corrected chi connectivity index (χ4v) is 2.72. The molecule has 0 fully saturated rings. The quantitative estimate of drug-likeness (QED) is 0.870. The number of carbonyl (C=O) groups excluding carboxylic acids is 1. The highest BCUT2D eigenvalue weighted by Crippen LogP contribution is 2.32. The van der Waals surface area contributed by atoms with Crippen LogP contribution in [0.25, 0.3) is 0 Å². The number of amides is 1. The van der Waals surface area contributed by atoms with Gasteiger partial charge < -0.3 is 5.32 Å². The smallest absolute Gasteiger partial charge is 0.227 e. The van der Waals surface area contributed by atoms with Gasteiger partial charge in [0.2, 0.25) is 5.91 Å². The zero-order chi connectivity index (χ0) is 14.8. The van der Waals surface area contributed by atoms with Gasteiger partial charge in [-0.1, -0.05) is 30.1 Å². The number of benzene rings is 1. The van der Waals surface area contributed by atoms with Gasteiger partial charge in [-0.25, -0.2) is 0 Å². The topological polar surface area (TPSA) is 29.1 Å². The second-order valence-corrected chi connectivity index (χ2v) is 6.62. The molecule has 0 heterocycles. The van der Waals surface area contributed by atoms with E-state index in [1.165, 1.54) is 0 Å². The summed E-state index contributed by atoms with van der Waals surface area (Å²) in [4.78, 5) is 12.3. The number of hydrogen-bond donors (Lipinski definition) is 1. The van der Waals surface area contributed by atoms with Crippen molar-refractivity contribution in [3.8, 4) is 0 Å². The molecule has 19 heavy (non-hydrogen) atoms. The standard InChI is InChI=1S/C15H21Cl2NO/c1-6-10-7-11(16)8-12(17)13(10)9(2)14(19)18-15(3,4)5/h7-9H,6H2,1-5H3,(H,18,19). The summed E-state index contributed by atoms with van der Waals surface area (Å²) in [6.45, 7) is 9.78. The van der Waals surface area contributed by atoms with Crippen LogP contribution < -0.4 is 5.32 Å². The second-order valence-electron chi connectivity index (χ2n) is 5.77. The first-order valence-corrected chi connectivity index (χ1v) is 7.21. The van der Waals surface area contributed by atoms with Crippen molar-refractivity contribution in [3.63, 3.8) is 0 Å². The minimum atomic E-state index is -0.293. The summed E-state index contributed by atoms with van der Waals surface area (Å²) in [5.41, 5.74) is 1.64. The third-order valence-corrected chi connectivity index (χ3v) is 3.42. The zero-order valence-corrected chi connectivity index (χ0v) is 13.6. The summed E-state index contributed by atoms with van der Waals surface area (Å²) in [5, 5.41) is 4.14. The Labute approximate surface area is 125 Å². The summed E-state index contributed by atoms with van der Waals surface area (Å²) in [6, 6.07) is 3.57. The van der Waals surface area contributed by atoms with E-state index in [0.29, 0.717) is 10.0 Å². The third kappa shape index (κ3) is 4.39. The summed E-state index contributed by atoms with van der Waals surface area (Å²) in [5.74, 6) is -0.314.